The molecule has 1 aromatic heterocycles. The summed E-state index contributed by atoms with van der Waals surface area (Å²) in [5, 5.41) is 3.14. The Morgan fingerprint density at radius 2 is 1.78 bits per heavy atom. The minimum atomic E-state index is -0.318. The molecule has 1 aliphatic carbocycles. The van der Waals surface area contributed by atoms with Crippen molar-refractivity contribution in [3.05, 3.63) is 27.0 Å². The number of hydrogen-bond donors (Lipinski definition) is 1. The summed E-state index contributed by atoms with van der Waals surface area (Å²) in [4.78, 5) is 38.0. The van der Waals surface area contributed by atoms with Gasteiger partial charge in [0, 0.05) is 45.3 Å². The number of anilines is 1. The molecule has 2 fully saturated rings. The lowest BCUT2D eigenvalue weighted by Gasteiger charge is -2.35. The lowest BCUT2D eigenvalue weighted by Crippen LogP contribution is -2.49. The van der Waals surface area contributed by atoms with Gasteiger partial charge in [0.15, 0.2) is 0 Å². The summed E-state index contributed by atoms with van der Waals surface area (Å²) >= 11 is 0. The SMILES string of the molecule is Cn1cc(N2CCC(NC(=O)C3CCC3)CC2)c(=O)n(C)c1=O. The Kier molecular flexibility index (Phi) is 4.28. The number of carbonyl (C=O) groups is 1. The molecule has 0 atom stereocenters. The third kappa shape index (κ3) is 3.04. The summed E-state index contributed by atoms with van der Waals surface area (Å²) in [6.07, 6.45) is 6.44. The highest BCUT2D eigenvalue weighted by molar-refractivity contribution is 5.79. The van der Waals surface area contributed by atoms with Crippen molar-refractivity contribution in [3.63, 3.8) is 0 Å². The molecule has 126 valence electrons. The maximum absolute atomic E-state index is 12.3. The summed E-state index contributed by atoms with van der Waals surface area (Å²) in [5.74, 6) is 0.400. The molecule has 1 aromatic rings. The van der Waals surface area contributed by atoms with Crippen LogP contribution in [0.25, 0.3) is 0 Å². The molecule has 2 heterocycles. The second-order valence-electron chi connectivity index (χ2n) is 6.67. The van der Waals surface area contributed by atoms with Gasteiger partial charge in [-0.3, -0.25) is 14.2 Å². The van der Waals surface area contributed by atoms with Gasteiger partial charge in [0.25, 0.3) is 5.56 Å². The molecule has 1 saturated heterocycles. The van der Waals surface area contributed by atoms with Crippen LogP contribution in [0, 0.1) is 5.92 Å². The molecule has 23 heavy (non-hydrogen) atoms. The van der Waals surface area contributed by atoms with Gasteiger partial charge in [0.1, 0.15) is 5.69 Å². The van der Waals surface area contributed by atoms with E-state index in [1.54, 1.807) is 13.2 Å². The van der Waals surface area contributed by atoms with Gasteiger partial charge in [-0.25, -0.2) is 4.79 Å². The molecule has 0 spiro atoms. The number of hydrogen-bond acceptors (Lipinski definition) is 4. The normalized spacial score (nSPS) is 19.5. The van der Waals surface area contributed by atoms with Crippen LogP contribution in [0.4, 0.5) is 5.69 Å². The molecule has 1 N–H and O–H groups in total. The summed E-state index contributed by atoms with van der Waals surface area (Å²) in [6, 6.07) is 0.190. The molecule has 7 nitrogen and oxygen atoms in total. The first-order valence-corrected chi connectivity index (χ1v) is 8.29. The molecule has 1 amide bonds. The predicted octanol–water partition coefficient (Wildman–Crippen LogP) is -0.0309. The van der Waals surface area contributed by atoms with Crippen LogP contribution in [0.3, 0.4) is 0 Å². The smallest absolute Gasteiger partial charge is 0.330 e. The van der Waals surface area contributed by atoms with Gasteiger partial charge in [-0.05, 0) is 25.7 Å². The number of nitrogens with one attached hydrogen (secondary N) is 1. The number of nitrogens with zero attached hydrogens (tertiary/aromatic N) is 3. The minimum Gasteiger partial charge on any atom is -0.366 e. The molecular formula is C16H24N4O3. The molecule has 3 rings (SSSR count). The minimum absolute atomic E-state index is 0.188. The first-order chi connectivity index (χ1) is 11.0. The Morgan fingerprint density at radius 3 is 2.35 bits per heavy atom. The highest BCUT2D eigenvalue weighted by atomic mass is 16.2. The van der Waals surface area contributed by atoms with E-state index in [0.717, 1.165) is 36.7 Å². The fraction of sp³-hybridized carbons (Fsp3) is 0.688. The van der Waals surface area contributed by atoms with Gasteiger partial charge in [0.05, 0.1) is 0 Å². The number of aromatic nitrogens is 2. The van der Waals surface area contributed by atoms with E-state index in [1.807, 2.05) is 4.90 Å². The van der Waals surface area contributed by atoms with E-state index in [1.165, 1.54) is 11.6 Å². The molecule has 0 aromatic carbocycles. The maximum Gasteiger partial charge on any atom is 0.330 e. The monoisotopic (exact) mass is 320 g/mol. The highest BCUT2D eigenvalue weighted by Gasteiger charge is 2.29. The summed E-state index contributed by atoms with van der Waals surface area (Å²) in [7, 11) is 3.15. The lowest BCUT2D eigenvalue weighted by atomic mass is 9.84. The number of aryl methyl sites for hydroxylation is 1. The average Bonchev–Trinajstić information content (AvgIpc) is 2.48. The van der Waals surface area contributed by atoms with Crippen molar-refractivity contribution in [2.24, 2.45) is 20.0 Å². The fourth-order valence-corrected chi connectivity index (χ4v) is 3.26. The molecule has 0 bridgehead atoms. The van der Waals surface area contributed by atoms with Crippen LogP contribution in [0.1, 0.15) is 32.1 Å². The summed E-state index contributed by atoms with van der Waals surface area (Å²) in [5.41, 5.74) is -0.0233. The van der Waals surface area contributed by atoms with E-state index in [2.05, 4.69) is 5.32 Å². The predicted molar refractivity (Wildman–Crippen MR) is 87.6 cm³/mol. The van der Waals surface area contributed by atoms with Gasteiger partial charge in [-0.2, -0.15) is 0 Å². The Bertz CT molecular complexity index is 709. The van der Waals surface area contributed by atoms with Crippen LogP contribution in [0.2, 0.25) is 0 Å². The molecule has 0 radical (unpaired) electrons. The molecule has 7 heteroatoms. The first-order valence-electron chi connectivity index (χ1n) is 8.29. The van der Waals surface area contributed by atoms with Crippen molar-refractivity contribution in [3.8, 4) is 0 Å². The Hall–Kier alpha value is -2.05. The molecule has 0 unspecified atom stereocenters. The second kappa shape index (κ2) is 6.22. The third-order valence-electron chi connectivity index (χ3n) is 5.09. The van der Waals surface area contributed by atoms with Crippen LogP contribution in [-0.2, 0) is 18.9 Å². The van der Waals surface area contributed by atoms with Crippen molar-refractivity contribution < 1.29 is 4.79 Å². The molecule has 1 saturated carbocycles. The molecule has 1 aliphatic heterocycles. The summed E-state index contributed by atoms with van der Waals surface area (Å²) < 4.78 is 2.57. The third-order valence-corrected chi connectivity index (χ3v) is 5.09. The molecular weight excluding hydrogens is 296 g/mol. The number of piperidine rings is 1. The number of rotatable bonds is 3. The van der Waals surface area contributed by atoms with Crippen LogP contribution >= 0.6 is 0 Å². The van der Waals surface area contributed by atoms with Crippen LogP contribution in [0.15, 0.2) is 15.8 Å². The van der Waals surface area contributed by atoms with E-state index in [0.29, 0.717) is 18.8 Å². The number of carbonyl (C=O) groups excluding carboxylic acids is 1. The average molecular weight is 320 g/mol. The van der Waals surface area contributed by atoms with Crippen LogP contribution < -0.4 is 21.5 Å². The van der Waals surface area contributed by atoms with Gasteiger partial charge in [0.2, 0.25) is 5.91 Å². The van der Waals surface area contributed by atoms with Crippen molar-refractivity contribution in [2.45, 2.75) is 38.1 Å². The number of amides is 1. The Balaban J connectivity index is 1.64. The summed E-state index contributed by atoms with van der Waals surface area (Å²) in [6.45, 7) is 1.42. The van der Waals surface area contributed by atoms with E-state index < -0.39 is 0 Å². The van der Waals surface area contributed by atoms with Crippen molar-refractivity contribution in [2.75, 3.05) is 18.0 Å². The zero-order valence-electron chi connectivity index (χ0n) is 13.7. The van der Waals surface area contributed by atoms with Crippen LogP contribution in [-0.4, -0.2) is 34.2 Å². The van der Waals surface area contributed by atoms with E-state index in [4.69, 9.17) is 0 Å². The van der Waals surface area contributed by atoms with Gasteiger partial charge in [-0.1, -0.05) is 6.42 Å². The quantitative estimate of drug-likeness (QED) is 0.848. The second-order valence-corrected chi connectivity index (χ2v) is 6.67. The first kappa shape index (κ1) is 15.8. The zero-order valence-corrected chi connectivity index (χ0v) is 13.7. The maximum atomic E-state index is 12.3. The van der Waals surface area contributed by atoms with Crippen molar-refractivity contribution in [1.82, 2.24) is 14.5 Å². The topological polar surface area (TPSA) is 76.3 Å². The van der Waals surface area contributed by atoms with Gasteiger partial charge in [-0.15, -0.1) is 0 Å². The van der Waals surface area contributed by atoms with E-state index in [-0.39, 0.29) is 29.1 Å². The van der Waals surface area contributed by atoms with Gasteiger partial charge >= 0.3 is 5.69 Å². The largest absolute Gasteiger partial charge is 0.366 e. The zero-order chi connectivity index (χ0) is 16.6. The van der Waals surface area contributed by atoms with Crippen LogP contribution in [0.5, 0.6) is 0 Å². The highest BCUT2D eigenvalue weighted by Crippen LogP contribution is 2.27. The lowest BCUT2D eigenvalue weighted by molar-refractivity contribution is -0.128. The van der Waals surface area contributed by atoms with Crippen molar-refractivity contribution in [1.29, 1.82) is 0 Å². The molecule has 2 aliphatic rings. The van der Waals surface area contributed by atoms with Gasteiger partial charge < -0.3 is 14.8 Å². The van der Waals surface area contributed by atoms with E-state index in [9.17, 15) is 14.4 Å². The van der Waals surface area contributed by atoms with E-state index >= 15 is 0 Å². The standard InChI is InChI=1S/C16H24N4O3/c1-18-10-13(15(22)19(2)16(18)23)20-8-6-12(7-9-20)17-14(21)11-4-3-5-11/h10-12H,3-9H2,1-2H3,(H,17,21). The fourth-order valence-electron chi connectivity index (χ4n) is 3.26. The van der Waals surface area contributed by atoms with Crippen molar-refractivity contribution >= 4 is 11.6 Å². The Morgan fingerprint density at radius 1 is 1.13 bits per heavy atom. The Labute approximate surface area is 134 Å².